The summed E-state index contributed by atoms with van der Waals surface area (Å²) >= 11 is 0. The largest absolute Gasteiger partial charge is 0.482 e. The number of hydrogen-bond donors (Lipinski definition) is 2. The van der Waals surface area contributed by atoms with Crippen LogP contribution in [-0.2, 0) is 20.9 Å². The molecule has 1 fully saturated rings. The van der Waals surface area contributed by atoms with Gasteiger partial charge in [-0.1, -0.05) is 48.5 Å². The molecule has 0 saturated carbocycles. The van der Waals surface area contributed by atoms with E-state index in [0.29, 0.717) is 44.0 Å². The minimum Gasteiger partial charge on any atom is -0.482 e. The summed E-state index contributed by atoms with van der Waals surface area (Å²) in [6.45, 7) is 5.14. The second-order valence-corrected chi connectivity index (χ2v) is 9.71. The minimum absolute atomic E-state index is 0. The van der Waals surface area contributed by atoms with Crippen LogP contribution in [-0.4, -0.2) is 49.8 Å². The fraction of sp³-hybridized carbons (Fsp3) is 0.379. The van der Waals surface area contributed by atoms with Gasteiger partial charge in [0.05, 0.1) is 31.5 Å². The normalized spacial score (nSPS) is 19.4. The van der Waals surface area contributed by atoms with Crippen LogP contribution >= 0.6 is 12.4 Å². The highest BCUT2D eigenvalue weighted by atomic mass is 35.5. The summed E-state index contributed by atoms with van der Waals surface area (Å²) in [6.07, 6.45) is 1.01. The number of nitrogens with zero attached hydrogens (tertiary/aromatic N) is 1. The summed E-state index contributed by atoms with van der Waals surface area (Å²) < 4.78 is 12.3. The van der Waals surface area contributed by atoms with Gasteiger partial charge in [0.1, 0.15) is 17.4 Å². The molecule has 2 aliphatic heterocycles. The van der Waals surface area contributed by atoms with Gasteiger partial charge >= 0.3 is 0 Å². The van der Waals surface area contributed by atoms with Gasteiger partial charge in [-0.2, -0.15) is 0 Å². The molecule has 0 bridgehead atoms. The molecule has 1 saturated heterocycles. The number of halogens is 1. The van der Waals surface area contributed by atoms with Crippen LogP contribution < -0.4 is 20.3 Å². The zero-order valence-corrected chi connectivity index (χ0v) is 22.3. The molecule has 3 aromatic carbocycles. The van der Waals surface area contributed by atoms with Crippen molar-refractivity contribution in [3.8, 4) is 5.75 Å². The Labute approximate surface area is 223 Å². The first-order chi connectivity index (χ1) is 17.4. The van der Waals surface area contributed by atoms with Crippen molar-refractivity contribution in [3.63, 3.8) is 0 Å². The van der Waals surface area contributed by atoms with Crippen LogP contribution in [0.5, 0.6) is 5.75 Å². The van der Waals surface area contributed by atoms with Crippen molar-refractivity contribution in [1.82, 2.24) is 10.6 Å². The van der Waals surface area contributed by atoms with Crippen LogP contribution in [0, 0.1) is 6.92 Å². The van der Waals surface area contributed by atoms with Crippen LogP contribution in [0.3, 0.4) is 0 Å². The van der Waals surface area contributed by atoms with Gasteiger partial charge in [0.2, 0.25) is 5.91 Å². The maximum absolute atomic E-state index is 14.4. The van der Waals surface area contributed by atoms with Gasteiger partial charge in [0.15, 0.2) is 0 Å². The van der Waals surface area contributed by atoms with E-state index in [9.17, 15) is 9.59 Å². The maximum Gasteiger partial charge on any atom is 0.254 e. The molecule has 2 heterocycles. The number of nitrogens with one attached hydrogen (secondary N) is 2. The highest BCUT2D eigenvalue weighted by molar-refractivity contribution is 6.03. The molecule has 5 rings (SSSR count). The monoisotopic (exact) mass is 523 g/mol. The lowest BCUT2D eigenvalue weighted by molar-refractivity contribution is -0.138. The van der Waals surface area contributed by atoms with Gasteiger partial charge in [-0.3, -0.25) is 9.59 Å². The van der Waals surface area contributed by atoms with E-state index in [1.54, 1.807) is 18.9 Å². The molecule has 0 aliphatic carbocycles. The fourth-order valence-electron chi connectivity index (χ4n) is 5.22. The van der Waals surface area contributed by atoms with Crippen molar-refractivity contribution in [3.05, 3.63) is 71.8 Å². The molecule has 3 aromatic rings. The standard InChI is InChI=1S/C29H33N3O4.ClH/c1-19-12-13-21-8-4-5-9-22(21)23(19)18-32-24-10-6-7-11-25(24)36-29(14-16-35-17-15-29)26(28(32)34)31-27(33)20(2)30-3;/h4-13,20,26,30H,14-18H2,1-3H3,(H,31,33);1H/t20-,26+;/m0./s1. The highest BCUT2D eigenvalue weighted by Crippen LogP contribution is 2.42. The van der Waals surface area contributed by atoms with E-state index in [1.165, 1.54) is 0 Å². The summed E-state index contributed by atoms with van der Waals surface area (Å²) in [4.78, 5) is 29.3. The highest BCUT2D eigenvalue weighted by Gasteiger charge is 2.51. The van der Waals surface area contributed by atoms with Crippen LogP contribution in [0.1, 0.15) is 30.9 Å². The smallest absolute Gasteiger partial charge is 0.254 e. The molecule has 2 atom stereocenters. The molecule has 2 amide bonds. The third-order valence-corrected chi connectivity index (χ3v) is 7.55. The summed E-state index contributed by atoms with van der Waals surface area (Å²) in [5.74, 6) is 0.229. The molecule has 37 heavy (non-hydrogen) atoms. The molecule has 196 valence electrons. The maximum atomic E-state index is 14.4. The second-order valence-electron chi connectivity index (χ2n) is 9.71. The van der Waals surface area contributed by atoms with E-state index in [1.807, 2.05) is 36.4 Å². The number of anilines is 1. The quantitative estimate of drug-likeness (QED) is 0.525. The molecule has 2 aliphatic rings. The van der Waals surface area contributed by atoms with Crippen LogP contribution in [0.4, 0.5) is 5.69 Å². The Kier molecular flexibility index (Phi) is 8.07. The topological polar surface area (TPSA) is 79.9 Å². The number of benzene rings is 3. The van der Waals surface area contributed by atoms with Crippen molar-refractivity contribution in [2.75, 3.05) is 25.2 Å². The summed E-state index contributed by atoms with van der Waals surface area (Å²) in [5, 5.41) is 8.25. The Morgan fingerprint density at radius 3 is 2.54 bits per heavy atom. The van der Waals surface area contributed by atoms with Crippen molar-refractivity contribution >= 4 is 40.7 Å². The van der Waals surface area contributed by atoms with Crippen molar-refractivity contribution in [2.45, 2.75) is 50.9 Å². The van der Waals surface area contributed by atoms with E-state index >= 15 is 0 Å². The minimum atomic E-state index is -0.892. The third kappa shape index (κ3) is 5.04. The Morgan fingerprint density at radius 2 is 1.78 bits per heavy atom. The molecule has 2 N–H and O–H groups in total. The molecule has 0 unspecified atom stereocenters. The van der Waals surface area contributed by atoms with Gasteiger partial charge in [0.25, 0.3) is 5.91 Å². The second kappa shape index (κ2) is 11.1. The molecule has 0 radical (unpaired) electrons. The number of aryl methyl sites for hydroxylation is 1. The number of hydrogen-bond acceptors (Lipinski definition) is 5. The third-order valence-electron chi connectivity index (χ3n) is 7.55. The molecule has 7 nitrogen and oxygen atoms in total. The Morgan fingerprint density at radius 1 is 1.08 bits per heavy atom. The Balaban J connectivity index is 0.00000320. The number of ether oxygens (including phenoxy) is 2. The zero-order valence-electron chi connectivity index (χ0n) is 21.5. The van der Waals surface area contributed by atoms with Gasteiger partial charge < -0.3 is 25.0 Å². The lowest BCUT2D eigenvalue weighted by atomic mass is 9.84. The number of para-hydroxylation sites is 2. The predicted octanol–water partition coefficient (Wildman–Crippen LogP) is 4.14. The average molecular weight is 524 g/mol. The summed E-state index contributed by atoms with van der Waals surface area (Å²) in [6, 6.07) is 18.8. The Hall–Kier alpha value is -3.13. The predicted molar refractivity (Wildman–Crippen MR) is 147 cm³/mol. The van der Waals surface area contributed by atoms with Crippen LogP contribution in [0.2, 0.25) is 0 Å². The summed E-state index contributed by atoms with van der Waals surface area (Å²) in [7, 11) is 1.73. The van der Waals surface area contributed by atoms with Gasteiger partial charge in [-0.05, 0) is 54.9 Å². The fourth-order valence-corrected chi connectivity index (χ4v) is 5.22. The van der Waals surface area contributed by atoms with Gasteiger partial charge in [-0.15, -0.1) is 12.4 Å². The molecular formula is C29H34ClN3O4. The van der Waals surface area contributed by atoms with Crippen LogP contribution in [0.25, 0.3) is 10.8 Å². The van der Waals surface area contributed by atoms with Crippen molar-refractivity contribution in [2.24, 2.45) is 0 Å². The number of amides is 2. The van der Waals surface area contributed by atoms with Crippen molar-refractivity contribution < 1.29 is 19.1 Å². The van der Waals surface area contributed by atoms with Gasteiger partial charge in [-0.25, -0.2) is 0 Å². The number of carbonyl (C=O) groups excluding carboxylic acids is 2. The average Bonchev–Trinajstić information content (AvgIpc) is 2.99. The first-order valence-corrected chi connectivity index (χ1v) is 12.6. The van der Waals surface area contributed by atoms with E-state index < -0.39 is 17.7 Å². The Bertz CT molecular complexity index is 1290. The number of carbonyl (C=O) groups is 2. The number of rotatable bonds is 5. The lowest BCUT2D eigenvalue weighted by Crippen LogP contribution is -2.65. The molecule has 1 spiro atoms. The van der Waals surface area contributed by atoms with E-state index in [-0.39, 0.29) is 24.2 Å². The van der Waals surface area contributed by atoms with Gasteiger partial charge in [0, 0.05) is 12.8 Å². The lowest BCUT2D eigenvalue weighted by Gasteiger charge is -2.41. The molecule has 0 aromatic heterocycles. The van der Waals surface area contributed by atoms with E-state index in [0.717, 1.165) is 21.9 Å². The SMILES string of the molecule is CN[C@@H](C)C(=O)N[C@@H]1C(=O)N(Cc2c(C)ccc3ccccc23)c2ccccc2OC12CCOCC2.Cl. The van der Waals surface area contributed by atoms with Crippen molar-refractivity contribution in [1.29, 1.82) is 0 Å². The number of likely N-dealkylation sites (N-methyl/N-ethyl adjacent to an activating group) is 1. The first kappa shape index (κ1) is 26.9. The summed E-state index contributed by atoms with van der Waals surface area (Å²) in [5.41, 5.74) is 2.00. The number of fused-ring (bicyclic) bond motifs is 2. The zero-order chi connectivity index (χ0) is 25.3. The first-order valence-electron chi connectivity index (χ1n) is 12.6. The molecular weight excluding hydrogens is 490 g/mol. The molecule has 8 heteroatoms. The van der Waals surface area contributed by atoms with E-state index in [2.05, 4.69) is 41.8 Å². The van der Waals surface area contributed by atoms with E-state index in [4.69, 9.17) is 9.47 Å². The van der Waals surface area contributed by atoms with Crippen LogP contribution in [0.15, 0.2) is 60.7 Å².